The summed E-state index contributed by atoms with van der Waals surface area (Å²) in [5.74, 6) is -3.42. The smallest absolute Gasteiger partial charge is 0.416 e. The molecule has 1 unspecified atom stereocenters. The quantitative estimate of drug-likeness (QED) is 0.471. The molecule has 0 amide bonds. The van der Waals surface area contributed by atoms with Gasteiger partial charge in [-0.3, -0.25) is 3.97 Å². The Balaban J connectivity index is 2.01. The van der Waals surface area contributed by atoms with Crippen molar-refractivity contribution < 1.29 is 31.3 Å². The molecule has 0 aliphatic rings. The highest BCUT2D eigenvalue weighted by atomic mass is 32.2. The number of phenolic OH excluding ortho intramolecular Hbond substituents is 1. The minimum Gasteiger partial charge on any atom is -0.504 e. The Morgan fingerprint density at radius 1 is 1.00 bits per heavy atom. The summed E-state index contributed by atoms with van der Waals surface area (Å²) in [6.07, 6.45) is -0.699. The zero-order valence-corrected chi connectivity index (χ0v) is 15.5. The Bertz CT molecular complexity index is 1290. The van der Waals surface area contributed by atoms with Gasteiger partial charge in [-0.1, -0.05) is 0 Å². The summed E-state index contributed by atoms with van der Waals surface area (Å²) in [5, 5.41) is 10.0. The first-order chi connectivity index (χ1) is 14.2. The number of benzene rings is 2. The monoisotopic (exact) mass is 439 g/mol. The molecule has 4 rings (SSSR count). The number of fused-ring (bicyclic) bond motifs is 1. The number of nitrogens with zero attached hydrogens (tertiary/aromatic N) is 3. The highest BCUT2D eigenvalue weighted by Gasteiger charge is 2.31. The summed E-state index contributed by atoms with van der Waals surface area (Å²) in [4.78, 5) is 7.09. The van der Waals surface area contributed by atoms with Crippen molar-refractivity contribution in [3.05, 3.63) is 72.3 Å². The predicted molar refractivity (Wildman–Crippen MR) is 97.8 cm³/mol. The third kappa shape index (κ3) is 3.41. The van der Waals surface area contributed by atoms with E-state index in [-0.39, 0.29) is 16.6 Å². The molecular formula is C19H10F5N3O2S. The number of hydrogen-bond donors (Lipinski definition) is 1. The van der Waals surface area contributed by atoms with E-state index >= 15 is 0 Å². The fourth-order valence-electron chi connectivity index (χ4n) is 2.95. The van der Waals surface area contributed by atoms with Crippen LogP contribution in [0.3, 0.4) is 0 Å². The van der Waals surface area contributed by atoms with Crippen molar-refractivity contribution >= 4 is 21.9 Å². The van der Waals surface area contributed by atoms with Crippen LogP contribution in [-0.2, 0) is 17.2 Å². The Morgan fingerprint density at radius 2 is 1.70 bits per heavy atom. The first-order valence-electron chi connectivity index (χ1n) is 8.25. The van der Waals surface area contributed by atoms with E-state index in [1.165, 1.54) is 24.8 Å². The maximum Gasteiger partial charge on any atom is 0.416 e. The molecule has 2 aromatic carbocycles. The van der Waals surface area contributed by atoms with Gasteiger partial charge in [0.05, 0.1) is 16.8 Å². The number of aromatic hydroxyl groups is 1. The number of hydrogen-bond acceptors (Lipinski definition) is 4. The van der Waals surface area contributed by atoms with Crippen molar-refractivity contribution in [3.63, 3.8) is 0 Å². The summed E-state index contributed by atoms with van der Waals surface area (Å²) in [6, 6.07) is 5.20. The average molecular weight is 439 g/mol. The lowest BCUT2D eigenvalue weighted by molar-refractivity contribution is -0.137. The Kier molecular flexibility index (Phi) is 4.77. The van der Waals surface area contributed by atoms with Crippen molar-refractivity contribution in [2.45, 2.75) is 11.1 Å². The molecule has 0 saturated heterocycles. The summed E-state index contributed by atoms with van der Waals surface area (Å²) in [6.45, 7) is 0. The molecule has 0 radical (unpaired) electrons. The van der Waals surface area contributed by atoms with Crippen LogP contribution in [0.1, 0.15) is 5.56 Å². The molecule has 11 heteroatoms. The molecule has 30 heavy (non-hydrogen) atoms. The minimum atomic E-state index is -4.60. The summed E-state index contributed by atoms with van der Waals surface area (Å²) >= 11 is 0. The Hall–Kier alpha value is -3.34. The van der Waals surface area contributed by atoms with Crippen LogP contribution in [0, 0.1) is 11.6 Å². The molecule has 4 aromatic rings. The number of phenols is 1. The van der Waals surface area contributed by atoms with E-state index in [4.69, 9.17) is 0 Å². The second-order valence-electron chi connectivity index (χ2n) is 6.21. The van der Waals surface area contributed by atoms with Gasteiger partial charge in [0.15, 0.2) is 22.6 Å². The standard InChI is InChI=1S/C19H10F5N3O2S/c20-13-5-14(21)18(28)17(6-13)30(29)27-15-2-1-12(19(22,23)24)3-10(15)4-16(27)11-7-25-9-26-8-11/h1-9,28H. The van der Waals surface area contributed by atoms with E-state index in [2.05, 4.69) is 9.97 Å². The number of rotatable bonds is 3. The largest absolute Gasteiger partial charge is 0.504 e. The van der Waals surface area contributed by atoms with Gasteiger partial charge in [0.1, 0.15) is 17.0 Å². The van der Waals surface area contributed by atoms with Gasteiger partial charge < -0.3 is 5.11 Å². The molecule has 1 N–H and O–H groups in total. The van der Waals surface area contributed by atoms with E-state index in [0.717, 1.165) is 22.2 Å². The zero-order valence-electron chi connectivity index (χ0n) is 14.7. The summed E-state index contributed by atoms with van der Waals surface area (Å²) in [7, 11) is -2.41. The van der Waals surface area contributed by atoms with Crippen molar-refractivity contribution in [2.24, 2.45) is 0 Å². The second-order valence-corrected chi connectivity index (χ2v) is 7.51. The molecule has 0 bridgehead atoms. The van der Waals surface area contributed by atoms with Crippen LogP contribution in [0.15, 0.2) is 60.0 Å². The Labute approximate surface area is 168 Å². The van der Waals surface area contributed by atoms with Gasteiger partial charge in [0, 0.05) is 29.4 Å². The van der Waals surface area contributed by atoms with Crippen LogP contribution in [0.4, 0.5) is 22.0 Å². The van der Waals surface area contributed by atoms with Gasteiger partial charge >= 0.3 is 6.18 Å². The van der Waals surface area contributed by atoms with Gasteiger partial charge in [-0.25, -0.2) is 23.0 Å². The van der Waals surface area contributed by atoms with E-state index in [9.17, 15) is 31.3 Å². The zero-order chi connectivity index (χ0) is 21.6. The van der Waals surface area contributed by atoms with Crippen molar-refractivity contribution in [2.75, 3.05) is 0 Å². The molecule has 0 spiro atoms. The van der Waals surface area contributed by atoms with E-state index < -0.39 is 45.0 Å². The van der Waals surface area contributed by atoms with E-state index in [1.807, 2.05) is 0 Å². The predicted octanol–water partition coefficient (Wildman–Crippen LogP) is 4.67. The van der Waals surface area contributed by atoms with Crippen LogP contribution < -0.4 is 0 Å². The molecular weight excluding hydrogens is 429 g/mol. The summed E-state index contributed by atoms with van der Waals surface area (Å²) in [5.41, 5.74) is -0.406. The molecule has 154 valence electrons. The fraction of sp³-hybridized carbons (Fsp3) is 0.0526. The lowest BCUT2D eigenvalue weighted by atomic mass is 10.1. The summed E-state index contributed by atoms with van der Waals surface area (Å²) < 4.78 is 81.1. The molecule has 2 heterocycles. The molecule has 0 fully saturated rings. The topological polar surface area (TPSA) is 68.0 Å². The number of halogens is 5. The van der Waals surface area contributed by atoms with Crippen LogP contribution in [0.2, 0.25) is 0 Å². The van der Waals surface area contributed by atoms with Gasteiger partial charge in [0.2, 0.25) is 0 Å². The van der Waals surface area contributed by atoms with Gasteiger partial charge in [0.25, 0.3) is 0 Å². The highest BCUT2D eigenvalue weighted by molar-refractivity contribution is 7.84. The molecule has 2 aromatic heterocycles. The van der Waals surface area contributed by atoms with Crippen LogP contribution in [-0.4, -0.2) is 23.3 Å². The van der Waals surface area contributed by atoms with Gasteiger partial charge in [-0.2, -0.15) is 13.2 Å². The lowest BCUT2D eigenvalue weighted by Gasteiger charge is -2.12. The van der Waals surface area contributed by atoms with E-state index in [1.54, 1.807) is 0 Å². The van der Waals surface area contributed by atoms with Crippen molar-refractivity contribution in [3.8, 4) is 17.0 Å². The van der Waals surface area contributed by atoms with Crippen LogP contribution in [0.5, 0.6) is 5.75 Å². The number of aromatic nitrogens is 3. The maximum absolute atomic E-state index is 13.8. The SMILES string of the molecule is O=S(c1cc(F)cc(F)c1O)n1c(-c2cncnc2)cc2cc(C(F)(F)F)ccc21. The van der Waals surface area contributed by atoms with Crippen molar-refractivity contribution in [1.82, 2.24) is 13.9 Å². The third-order valence-corrected chi connectivity index (χ3v) is 5.70. The van der Waals surface area contributed by atoms with E-state index in [0.29, 0.717) is 17.7 Å². The molecule has 5 nitrogen and oxygen atoms in total. The Morgan fingerprint density at radius 3 is 2.37 bits per heavy atom. The van der Waals surface area contributed by atoms with Crippen LogP contribution >= 0.6 is 0 Å². The van der Waals surface area contributed by atoms with Crippen LogP contribution in [0.25, 0.3) is 22.2 Å². The minimum absolute atomic E-state index is 0.0772. The average Bonchev–Trinajstić information content (AvgIpc) is 3.09. The first kappa shape index (κ1) is 20.0. The third-order valence-electron chi connectivity index (χ3n) is 4.29. The molecule has 0 saturated carbocycles. The normalized spacial score (nSPS) is 13.0. The highest BCUT2D eigenvalue weighted by Crippen LogP contribution is 2.37. The van der Waals surface area contributed by atoms with Gasteiger partial charge in [-0.05, 0) is 30.3 Å². The molecule has 1 atom stereocenters. The van der Waals surface area contributed by atoms with Gasteiger partial charge in [-0.15, -0.1) is 0 Å². The van der Waals surface area contributed by atoms with Crippen molar-refractivity contribution in [1.29, 1.82) is 0 Å². The lowest BCUT2D eigenvalue weighted by Crippen LogP contribution is -2.09. The first-order valence-corrected chi connectivity index (χ1v) is 9.36. The molecule has 0 aliphatic carbocycles. The molecule has 0 aliphatic heterocycles. The second kappa shape index (κ2) is 7.17. The maximum atomic E-state index is 13.8. The number of alkyl halides is 3. The fourth-order valence-corrected chi connectivity index (χ4v) is 4.31.